The summed E-state index contributed by atoms with van der Waals surface area (Å²) >= 11 is 3.31. The number of carbonyl (C=O) groups is 2. The van der Waals surface area contributed by atoms with Gasteiger partial charge in [-0.2, -0.15) is 9.78 Å². The number of nitrogens with one attached hydrogen (secondary N) is 1. The molecule has 0 bridgehead atoms. The van der Waals surface area contributed by atoms with E-state index in [0.717, 1.165) is 16.3 Å². The molecule has 3 rings (SSSR count). The molecule has 148 valence electrons. The van der Waals surface area contributed by atoms with Gasteiger partial charge in [-0.1, -0.05) is 29.8 Å². The third-order valence-corrected chi connectivity index (χ3v) is 4.74. The van der Waals surface area contributed by atoms with Crippen LogP contribution in [-0.4, -0.2) is 28.3 Å². The first-order valence-corrected chi connectivity index (χ1v) is 9.64. The normalized spacial score (nSPS) is 10.4. The number of rotatable bonds is 5. The zero-order valence-electron chi connectivity index (χ0n) is 15.8. The Morgan fingerprint density at radius 2 is 1.83 bits per heavy atom. The average molecular weight is 456 g/mol. The molecule has 0 aliphatic rings. The van der Waals surface area contributed by atoms with Crippen molar-refractivity contribution in [3.63, 3.8) is 0 Å². The molecule has 2 aromatic carbocycles. The van der Waals surface area contributed by atoms with Crippen LogP contribution in [0.25, 0.3) is 5.69 Å². The standard InChI is InChI=1S/C21H18BrN3O4/c1-3-29-21(28)19-17(23-20(27)15-6-4-5-7-16(15)22)12-18(26)25(24-19)14-10-8-13(2)9-11-14/h4-12H,3H2,1-2H3,(H,23,27). The zero-order valence-corrected chi connectivity index (χ0v) is 17.4. The second-order valence-corrected chi connectivity index (χ2v) is 7.00. The highest BCUT2D eigenvalue weighted by Gasteiger charge is 2.21. The molecule has 8 heteroatoms. The summed E-state index contributed by atoms with van der Waals surface area (Å²) in [5.41, 5.74) is 1.19. The van der Waals surface area contributed by atoms with Crippen molar-refractivity contribution in [1.82, 2.24) is 9.78 Å². The van der Waals surface area contributed by atoms with Gasteiger partial charge in [-0.25, -0.2) is 4.79 Å². The van der Waals surface area contributed by atoms with E-state index < -0.39 is 17.4 Å². The van der Waals surface area contributed by atoms with Gasteiger partial charge in [0.1, 0.15) is 0 Å². The number of carbonyl (C=O) groups excluding carboxylic acids is 2. The SMILES string of the molecule is CCOC(=O)c1nn(-c2ccc(C)cc2)c(=O)cc1NC(=O)c1ccccc1Br. The van der Waals surface area contributed by atoms with Gasteiger partial charge < -0.3 is 10.1 Å². The summed E-state index contributed by atoms with van der Waals surface area (Å²) < 4.78 is 6.73. The number of halogens is 1. The molecule has 0 aliphatic carbocycles. The highest BCUT2D eigenvalue weighted by atomic mass is 79.9. The van der Waals surface area contributed by atoms with E-state index in [-0.39, 0.29) is 18.0 Å². The van der Waals surface area contributed by atoms with Crippen molar-refractivity contribution in [2.75, 3.05) is 11.9 Å². The van der Waals surface area contributed by atoms with Gasteiger partial charge >= 0.3 is 5.97 Å². The number of hydrogen-bond acceptors (Lipinski definition) is 5. The molecule has 0 fully saturated rings. The van der Waals surface area contributed by atoms with Crippen LogP contribution in [0.2, 0.25) is 0 Å². The number of hydrogen-bond donors (Lipinski definition) is 1. The summed E-state index contributed by atoms with van der Waals surface area (Å²) in [5.74, 6) is -1.23. The fraction of sp³-hybridized carbons (Fsp3) is 0.143. The predicted octanol–water partition coefficient (Wildman–Crippen LogP) is 3.73. The van der Waals surface area contributed by atoms with E-state index in [4.69, 9.17) is 4.74 Å². The van der Waals surface area contributed by atoms with Crippen LogP contribution in [0.5, 0.6) is 0 Å². The van der Waals surface area contributed by atoms with Crippen molar-refractivity contribution in [2.24, 2.45) is 0 Å². The molecule has 29 heavy (non-hydrogen) atoms. The minimum absolute atomic E-state index is 0.0161. The molecular weight excluding hydrogens is 438 g/mol. The smallest absolute Gasteiger partial charge is 0.360 e. The predicted molar refractivity (Wildman–Crippen MR) is 113 cm³/mol. The molecule has 0 atom stereocenters. The summed E-state index contributed by atoms with van der Waals surface area (Å²) in [6.07, 6.45) is 0. The number of aromatic nitrogens is 2. The van der Waals surface area contributed by atoms with E-state index in [9.17, 15) is 14.4 Å². The first kappa shape index (κ1) is 20.5. The number of anilines is 1. The molecule has 1 N–H and O–H groups in total. The van der Waals surface area contributed by atoms with Crippen LogP contribution in [0.15, 0.2) is 63.9 Å². The third kappa shape index (κ3) is 4.60. The third-order valence-electron chi connectivity index (χ3n) is 4.05. The topological polar surface area (TPSA) is 90.3 Å². The van der Waals surface area contributed by atoms with Crippen molar-refractivity contribution < 1.29 is 14.3 Å². The summed E-state index contributed by atoms with van der Waals surface area (Å²) in [6, 6.07) is 15.1. The van der Waals surface area contributed by atoms with Gasteiger partial charge in [0.05, 0.1) is 23.5 Å². The van der Waals surface area contributed by atoms with Gasteiger partial charge in [0.2, 0.25) is 0 Å². The van der Waals surface area contributed by atoms with E-state index in [1.807, 2.05) is 19.1 Å². The summed E-state index contributed by atoms with van der Waals surface area (Å²) in [7, 11) is 0. The lowest BCUT2D eigenvalue weighted by Crippen LogP contribution is -2.27. The molecule has 0 saturated carbocycles. The van der Waals surface area contributed by atoms with E-state index in [0.29, 0.717) is 15.7 Å². The summed E-state index contributed by atoms with van der Waals surface area (Å²) in [5, 5.41) is 6.75. The van der Waals surface area contributed by atoms with Gasteiger partial charge in [0, 0.05) is 10.5 Å². The van der Waals surface area contributed by atoms with E-state index in [1.165, 1.54) is 0 Å². The zero-order chi connectivity index (χ0) is 21.0. The Morgan fingerprint density at radius 1 is 1.14 bits per heavy atom. The average Bonchev–Trinajstić information content (AvgIpc) is 2.69. The number of benzene rings is 2. The number of esters is 1. The second-order valence-electron chi connectivity index (χ2n) is 6.15. The van der Waals surface area contributed by atoms with Crippen LogP contribution < -0.4 is 10.9 Å². The lowest BCUT2D eigenvalue weighted by atomic mass is 10.2. The van der Waals surface area contributed by atoms with E-state index >= 15 is 0 Å². The Bertz CT molecular complexity index is 1120. The highest BCUT2D eigenvalue weighted by Crippen LogP contribution is 2.19. The van der Waals surface area contributed by atoms with Crippen LogP contribution in [0.1, 0.15) is 33.3 Å². The van der Waals surface area contributed by atoms with Crippen molar-refractivity contribution in [1.29, 1.82) is 0 Å². The summed E-state index contributed by atoms with van der Waals surface area (Å²) in [4.78, 5) is 37.7. The number of nitrogens with zero attached hydrogens (tertiary/aromatic N) is 2. The van der Waals surface area contributed by atoms with Crippen LogP contribution >= 0.6 is 15.9 Å². The molecule has 0 spiro atoms. The van der Waals surface area contributed by atoms with Crippen LogP contribution in [0.3, 0.4) is 0 Å². The van der Waals surface area contributed by atoms with E-state index in [2.05, 4.69) is 26.3 Å². The first-order valence-electron chi connectivity index (χ1n) is 8.85. The van der Waals surface area contributed by atoms with Crippen molar-refractivity contribution >= 4 is 33.5 Å². The van der Waals surface area contributed by atoms with E-state index in [1.54, 1.807) is 43.3 Å². The molecule has 0 unspecified atom stereocenters. The quantitative estimate of drug-likeness (QED) is 0.591. The molecule has 1 aromatic heterocycles. The Labute approximate surface area is 175 Å². The second kappa shape index (κ2) is 8.83. The number of ether oxygens (including phenoxy) is 1. The minimum atomic E-state index is -0.740. The van der Waals surface area contributed by atoms with Crippen molar-refractivity contribution in [2.45, 2.75) is 13.8 Å². The monoisotopic (exact) mass is 455 g/mol. The van der Waals surface area contributed by atoms with Crippen molar-refractivity contribution in [3.8, 4) is 5.69 Å². The summed E-state index contributed by atoms with van der Waals surface area (Å²) in [6.45, 7) is 3.71. The minimum Gasteiger partial charge on any atom is -0.461 e. The van der Waals surface area contributed by atoms with Gasteiger partial charge in [0.15, 0.2) is 5.69 Å². The molecule has 7 nitrogen and oxygen atoms in total. The first-order chi connectivity index (χ1) is 13.9. The molecule has 1 amide bonds. The molecule has 0 saturated heterocycles. The maximum absolute atomic E-state index is 12.6. The van der Waals surface area contributed by atoms with Gasteiger partial charge in [0.25, 0.3) is 11.5 Å². The van der Waals surface area contributed by atoms with Gasteiger partial charge in [-0.15, -0.1) is 0 Å². The fourth-order valence-electron chi connectivity index (χ4n) is 2.61. The molecule has 1 heterocycles. The van der Waals surface area contributed by atoms with Crippen LogP contribution in [-0.2, 0) is 4.74 Å². The Balaban J connectivity index is 2.06. The maximum atomic E-state index is 12.6. The van der Waals surface area contributed by atoms with Crippen LogP contribution in [0.4, 0.5) is 5.69 Å². The molecule has 3 aromatic rings. The Morgan fingerprint density at radius 3 is 2.48 bits per heavy atom. The Hall–Kier alpha value is -3.26. The van der Waals surface area contributed by atoms with Gasteiger partial charge in [-0.3, -0.25) is 9.59 Å². The maximum Gasteiger partial charge on any atom is 0.360 e. The van der Waals surface area contributed by atoms with Crippen LogP contribution in [0, 0.1) is 6.92 Å². The molecular formula is C21H18BrN3O4. The number of aryl methyl sites for hydroxylation is 1. The fourth-order valence-corrected chi connectivity index (χ4v) is 3.07. The molecule has 0 aliphatic heterocycles. The Kier molecular flexibility index (Phi) is 6.23. The lowest BCUT2D eigenvalue weighted by molar-refractivity contribution is 0.0518. The highest BCUT2D eigenvalue weighted by molar-refractivity contribution is 9.10. The van der Waals surface area contributed by atoms with Gasteiger partial charge in [-0.05, 0) is 54.0 Å². The largest absolute Gasteiger partial charge is 0.461 e. The number of amides is 1. The van der Waals surface area contributed by atoms with Crippen molar-refractivity contribution in [3.05, 3.63) is 86.2 Å². The molecule has 0 radical (unpaired) electrons. The lowest BCUT2D eigenvalue weighted by Gasteiger charge is -2.13.